The minimum Gasteiger partial charge on any atom is -0.481 e. The smallest absolute Gasteiger partial charge is 0.323 e. The summed E-state index contributed by atoms with van der Waals surface area (Å²) in [6.45, 7) is 0. The zero-order valence-corrected chi connectivity index (χ0v) is 10.3. The van der Waals surface area contributed by atoms with E-state index in [9.17, 15) is 14.7 Å². The molecule has 1 unspecified atom stereocenters. The van der Waals surface area contributed by atoms with Gasteiger partial charge in [-0.2, -0.15) is 0 Å². The molecule has 6 nitrogen and oxygen atoms in total. The lowest BCUT2D eigenvalue weighted by Crippen LogP contribution is -2.00. The van der Waals surface area contributed by atoms with Crippen LogP contribution in [-0.4, -0.2) is 26.2 Å². The van der Waals surface area contributed by atoms with Crippen molar-refractivity contribution >= 4 is 17.0 Å². The molecular weight excluding hydrogens is 248 g/mol. The lowest BCUT2D eigenvalue weighted by molar-refractivity contribution is -0.137. The van der Waals surface area contributed by atoms with Gasteiger partial charge in [0, 0.05) is 6.42 Å². The lowest BCUT2D eigenvalue weighted by atomic mass is 10.0. The van der Waals surface area contributed by atoms with Crippen molar-refractivity contribution in [2.24, 2.45) is 0 Å². The molecule has 0 aliphatic rings. The molecule has 1 aromatic heterocycles. The van der Waals surface area contributed by atoms with Crippen LogP contribution in [0.4, 0.5) is 0 Å². The summed E-state index contributed by atoms with van der Waals surface area (Å²) in [6, 6.07) is 5.23. The molecule has 0 saturated carbocycles. The van der Waals surface area contributed by atoms with Crippen molar-refractivity contribution in [3.05, 3.63) is 34.2 Å². The Morgan fingerprint density at radius 1 is 1.21 bits per heavy atom. The van der Waals surface area contributed by atoms with Crippen molar-refractivity contribution in [3.8, 4) is 0 Å². The Kier molecular flexibility index (Phi) is 4.01. The fourth-order valence-electron chi connectivity index (χ4n) is 2.04. The fraction of sp³-hybridized carbons (Fsp3) is 0.385. The van der Waals surface area contributed by atoms with Gasteiger partial charge in [-0.25, -0.2) is 4.79 Å². The number of aromatic nitrogens is 2. The minimum absolute atomic E-state index is 0.122. The molecule has 4 N–H and O–H groups in total. The highest BCUT2D eigenvalue weighted by Gasteiger charge is 2.09. The maximum absolute atomic E-state index is 11.1. The van der Waals surface area contributed by atoms with Crippen molar-refractivity contribution in [2.75, 3.05) is 0 Å². The second-order valence-corrected chi connectivity index (χ2v) is 4.54. The molecule has 1 heterocycles. The van der Waals surface area contributed by atoms with E-state index in [4.69, 9.17) is 5.11 Å². The van der Waals surface area contributed by atoms with Crippen LogP contribution in [0.5, 0.6) is 0 Å². The quantitative estimate of drug-likeness (QED) is 0.593. The number of aliphatic hydroxyl groups is 1. The van der Waals surface area contributed by atoms with Gasteiger partial charge in [-0.3, -0.25) is 4.79 Å². The summed E-state index contributed by atoms with van der Waals surface area (Å²) >= 11 is 0. The first kappa shape index (κ1) is 13.4. The van der Waals surface area contributed by atoms with Gasteiger partial charge in [-0.1, -0.05) is 6.07 Å². The Bertz CT molecular complexity index is 629. The molecule has 2 rings (SSSR count). The third-order valence-electron chi connectivity index (χ3n) is 3.04. The van der Waals surface area contributed by atoms with Gasteiger partial charge in [0.2, 0.25) is 0 Å². The van der Waals surface area contributed by atoms with Crippen molar-refractivity contribution in [3.63, 3.8) is 0 Å². The second-order valence-electron chi connectivity index (χ2n) is 4.54. The van der Waals surface area contributed by atoms with E-state index in [1.165, 1.54) is 0 Å². The molecule has 0 aliphatic carbocycles. The van der Waals surface area contributed by atoms with E-state index in [1.54, 1.807) is 18.2 Å². The first-order valence-corrected chi connectivity index (χ1v) is 6.18. The molecule has 0 radical (unpaired) electrons. The predicted octanol–water partition coefficient (Wildman–Crippen LogP) is 1.53. The van der Waals surface area contributed by atoms with Crippen LogP contribution in [0.1, 0.15) is 37.4 Å². The number of hydrogen-bond acceptors (Lipinski definition) is 3. The number of carbonyl (C=O) groups is 1. The predicted molar refractivity (Wildman–Crippen MR) is 70.0 cm³/mol. The molecule has 0 amide bonds. The number of fused-ring (bicyclic) bond motifs is 1. The number of imidazole rings is 1. The van der Waals surface area contributed by atoms with Crippen LogP contribution >= 0.6 is 0 Å². The summed E-state index contributed by atoms with van der Waals surface area (Å²) in [5.41, 5.74) is 1.81. The summed E-state index contributed by atoms with van der Waals surface area (Å²) in [5.74, 6) is -0.819. The zero-order chi connectivity index (χ0) is 13.8. The summed E-state index contributed by atoms with van der Waals surface area (Å²) < 4.78 is 0. The van der Waals surface area contributed by atoms with Crippen LogP contribution in [0, 0.1) is 0 Å². The maximum Gasteiger partial charge on any atom is 0.323 e. The molecule has 102 valence electrons. The van der Waals surface area contributed by atoms with E-state index < -0.39 is 12.1 Å². The first-order valence-electron chi connectivity index (χ1n) is 6.18. The lowest BCUT2D eigenvalue weighted by Gasteiger charge is -2.10. The average molecular weight is 264 g/mol. The summed E-state index contributed by atoms with van der Waals surface area (Å²) in [4.78, 5) is 26.7. The normalized spacial score (nSPS) is 12.7. The summed E-state index contributed by atoms with van der Waals surface area (Å²) in [5, 5.41) is 18.5. The fourth-order valence-corrected chi connectivity index (χ4v) is 2.04. The molecule has 0 bridgehead atoms. The van der Waals surface area contributed by atoms with E-state index >= 15 is 0 Å². The molecule has 6 heteroatoms. The second kappa shape index (κ2) is 5.71. The average Bonchev–Trinajstić information content (AvgIpc) is 2.73. The number of benzene rings is 1. The van der Waals surface area contributed by atoms with Crippen LogP contribution < -0.4 is 5.69 Å². The highest BCUT2D eigenvalue weighted by atomic mass is 16.4. The third-order valence-corrected chi connectivity index (χ3v) is 3.04. The van der Waals surface area contributed by atoms with Gasteiger partial charge in [0.1, 0.15) is 0 Å². The number of aromatic amines is 2. The van der Waals surface area contributed by atoms with E-state index in [0.29, 0.717) is 30.3 Å². The number of aliphatic hydroxyl groups excluding tert-OH is 1. The number of H-pyrrole nitrogens is 2. The molecule has 0 fully saturated rings. The Morgan fingerprint density at radius 3 is 2.68 bits per heavy atom. The summed E-state index contributed by atoms with van der Waals surface area (Å²) in [6.07, 6.45) is 1.19. The van der Waals surface area contributed by atoms with E-state index in [1.807, 2.05) is 0 Å². The van der Waals surface area contributed by atoms with Crippen LogP contribution in [0.2, 0.25) is 0 Å². The molecule has 0 saturated heterocycles. The molecule has 2 aromatic rings. The zero-order valence-electron chi connectivity index (χ0n) is 10.3. The Morgan fingerprint density at radius 2 is 1.95 bits per heavy atom. The number of nitrogens with one attached hydrogen (secondary N) is 2. The van der Waals surface area contributed by atoms with E-state index in [2.05, 4.69) is 9.97 Å². The van der Waals surface area contributed by atoms with Crippen LogP contribution in [0.3, 0.4) is 0 Å². The van der Waals surface area contributed by atoms with Gasteiger partial charge in [-0.05, 0) is 37.0 Å². The number of aliphatic carboxylic acids is 1. The Hall–Kier alpha value is -2.08. The van der Waals surface area contributed by atoms with Gasteiger partial charge < -0.3 is 20.2 Å². The summed E-state index contributed by atoms with van der Waals surface area (Å²) in [7, 11) is 0. The first-order chi connectivity index (χ1) is 9.06. The molecule has 0 spiro atoms. The number of rotatable bonds is 6. The van der Waals surface area contributed by atoms with Crippen LogP contribution in [0.25, 0.3) is 11.0 Å². The van der Waals surface area contributed by atoms with E-state index in [0.717, 1.165) is 5.56 Å². The monoisotopic (exact) mass is 264 g/mol. The number of carboxylic acids is 1. The Labute approximate surface area is 109 Å². The molecule has 19 heavy (non-hydrogen) atoms. The SMILES string of the molecule is O=C(O)CCCCC(O)c1ccc2[nH]c(=O)[nH]c2c1. The number of carboxylic acid groups (broad SMARTS) is 1. The molecule has 0 aliphatic heterocycles. The van der Waals surface area contributed by atoms with Gasteiger partial charge in [-0.15, -0.1) is 0 Å². The largest absolute Gasteiger partial charge is 0.481 e. The van der Waals surface area contributed by atoms with Gasteiger partial charge >= 0.3 is 11.7 Å². The van der Waals surface area contributed by atoms with Crippen molar-refractivity contribution in [2.45, 2.75) is 31.8 Å². The van der Waals surface area contributed by atoms with Gasteiger partial charge in [0.05, 0.1) is 17.1 Å². The van der Waals surface area contributed by atoms with Crippen LogP contribution in [0.15, 0.2) is 23.0 Å². The number of hydrogen-bond donors (Lipinski definition) is 4. The van der Waals surface area contributed by atoms with Gasteiger partial charge in [0.15, 0.2) is 0 Å². The van der Waals surface area contributed by atoms with Crippen LogP contribution in [-0.2, 0) is 4.79 Å². The highest BCUT2D eigenvalue weighted by molar-refractivity contribution is 5.75. The van der Waals surface area contributed by atoms with Crippen molar-refractivity contribution in [1.82, 2.24) is 9.97 Å². The van der Waals surface area contributed by atoms with Crippen molar-refractivity contribution < 1.29 is 15.0 Å². The third kappa shape index (κ3) is 3.45. The highest BCUT2D eigenvalue weighted by Crippen LogP contribution is 2.22. The molecular formula is C13H16N2O4. The van der Waals surface area contributed by atoms with E-state index in [-0.39, 0.29) is 12.1 Å². The standard InChI is InChI=1S/C13H16N2O4/c16-11(3-1-2-4-12(17)18)8-5-6-9-10(7-8)15-13(19)14-9/h5-7,11,16H,1-4H2,(H,17,18)(H2,14,15,19). The number of unbranched alkanes of at least 4 members (excludes halogenated alkanes) is 1. The van der Waals surface area contributed by atoms with Crippen molar-refractivity contribution in [1.29, 1.82) is 0 Å². The minimum atomic E-state index is -0.819. The molecule has 1 atom stereocenters. The topological polar surface area (TPSA) is 106 Å². The maximum atomic E-state index is 11.1. The molecule has 1 aromatic carbocycles. The Balaban J connectivity index is 1.98. The van der Waals surface area contributed by atoms with Gasteiger partial charge in [0.25, 0.3) is 0 Å².